The summed E-state index contributed by atoms with van der Waals surface area (Å²) in [5.74, 6) is -0.456. The van der Waals surface area contributed by atoms with Crippen molar-refractivity contribution in [1.29, 1.82) is 0 Å². The molecule has 0 bridgehead atoms. The number of phenolic OH excluding ortho intramolecular Hbond substituents is 1. The number of amides is 1. The first kappa shape index (κ1) is 16.3. The van der Waals surface area contributed by atoms with Gasteiger partial charge in [0.25, 0.3) is 5.91 Å². The Morgan fingerprint density at radius 3 is 2.70 bits per heavy atom. The van der Waals surface area contributed by atoms with Crippen LogP contribution in [-0.2, 0) is 0 Å². The molecule has 0 fully saturated rings. The Kier molecular flexibility index (Phi) is 3.81. The third-order valence-electron chi connectivity index (χ3n) is 3.91. The number of carbonyl (C=O) groups excluding carboxylic acids is 1. The number of H-pyrrole nitrogens is 1. The van der Waals surface area contributed by atoms with Crippen LogP contribution in [0.4, 0.5) is 11.6 Å². The lowest BCUT2D eigenvalue weighted by Crippen LogP contribution is -2.12. The lowest BCUT2D eigenvalue weighted by atomic mass is 10.1. The van der Waals surface area contributed by atoms with E-state index in [1.165, 1.54) is 18.2 Å². The van der Waals surface area contributed by atoms with Gasteiger partial charge in [-0.15, -0.1) is 0 Å². The van der Waals surface area contributed by atoms with E-state index in [2.05, 4.69) is 15.3 Å². The number of hydrogen-bond acceptors (Lipinski definition) is 6. The number of nitrogens with zero attached hydrogens (tertiary/aromatic N) is 2. The van der Waals surface area contributed by atoms with Gasteiger partial charge in [-0.25, -0.2) is 4.98 Å². The molecular weight excluding hydrogens is 352 g/mol. The molecule has 2 aromatic heterocycles. The van der Waals surface area contributed by atoms with Crippen LogP contribution in [0.25, 0.3) is 22.6 Å². The molecule has 4 aromatic rings. The molecule has 0 aliphatic carbocycles. The van der Waals surface area contributed by atoms with Crippen LogP contribution in [-0.4, -0.2) is 25.9 Å². The maximum absolute atomic E-state index is 12.6. The summed E-state index contributed by atoms with van der Waals surface area (Å²) < 4.78 is 5.15. The number of hydrogen-bond donors (Lipinski definition) is 3. The molecule has 0 aliphatic rings. The number of aromatic amines is 1. The number of imidazole rings is 1. The van der Waals surface area contributed by atoms with Crippen molar-refractivity contribution < 1.29 is 19.2 Å². The second-order valence-corrected chi connectivity index (χ2v) is 5.65. The minimum absolute atomic E-state index is 0.0522. The smallest absolute Gasteiger partial charge is 0.433 e. The molecule has 2 heterocycles. The van der Waals surface area contributed by atoms with Crippen molar-refractivity contribution in [3.8, 4) is 17.3 Å². The summed E-state index contributed by atoms with van der Waals surface area (Å²) in [7, 11) is 0. The summed E-state index contributed by atoms with van der Waals surface area (Å²) in [6.07, 6.45) is 0. The molecule has 4 rings (SSSR count). The highest BCUT2D eigenvalue weighted by atomic mass is 16.6. The van der Waals surface area contributed by atoms with E-state index in [0.29, 0.717) is 11.0 Å². The standard InChI is InChI=1S/C18H12N4O5/c23-13-7-2-1-5-11(13)20-18(24)10-4-3-6-12-16(10)21-17(19-12)14-8-9-15(27-14)22(25)26/h1-9,23H,(H,19,21)(H,20,24). The average molecular weight is 364 g/mol. The Hall–Kier alpha value is -4.14. The highest BCUT2D eigenvalue weighted by Gasteiger charge is 2.19. The Balaban J connectivity index is 1.71. The van der Waals surface area contributed by atoms with Crippen molar-refractivity contribution >= 4 is 28.5 Å². The van der Waals surface area contributed by atoms with E-state index in [1.807, 2.05) is 0 Å². The summed E-state index contributed by atoms with van der Waals surface area (Å²) in [4.78, 5) is 30.1. The van der Waals surface area contributed by atoms with Gasteiger partial charge in [0.2, 0.25) is 0 Å². The van der Waals surface area contributed by atoms with Crippen LogP contribution in [0.3, 0.4) is 0 Å². The van der Waals surface area contributed by atoms with E-state index in [4.69, 9.17) is 4.42 Å². The van der Waals surface area contributed by atoms with E-state index >= 15 is 0 Å². The molecule has 0 atom stereocenters. The normalized spacial score (nSPS) is 10.8. The van der Waals surface area contributed by atoms with Gasteiger partial charge in [-0.05, 0) is 30.3 Å². The number of fused-ring (bicyclic) bond motifs is 1. The Labute approximate surface area is 151 Å². The summed E-state index contributed by atoms with van der Waals surface area (Å²) in [6.45, 7) is 0. The number of carbonyl (C=O) groups is 1. The van der Waals surface area contributed by atoms with Crippen LogP contribution in [0, 0.1) is 10.1 Å². The second kappa shape index (κ2) is 6.30. The Bertz CT molecular complexity index is 1180. The zero-order valence-electron chi connectivity index (χ0n) is 13.7. The summed E-state index contributed by atoms with van der Waals surface area (Å²) in [5, 5.41) is 23.2. The molecule has 27 heavy (non-hydrogen) atoms. The van der Waals surface area contributed by atoms with E-state index in [-0.39, 0.29) is 28.6 Å². The second-order valence-electron chi connectivity index (χ2n) is 5.65. The van der Waals surface area contributed by atoms with Crippen molar-refractivity contribution in [3.05, 3.63) is 70.3 Å². The largest absolute Gasteiger partial charge is 0.506 e. The first-order chi connectivity index (χ1) is 13.0. The summed E-state index contributed by atoms with van der Waals surface area (Å²) in [5.41, 5.74) is 1.49. The molecule has 1 amide bonds. The summed E-state index contributed by atoms with van der Waals surface area (Å²) in [6, 6.07) is 14.0. The molecule has 0 spiro atoms. The first-order valence-corrected chi connectivity index (χ1v) is 7.85. The minimum atomic E-state index is -0.642. The van der Waals surface area contributed by atoms with Gasteiger partial charge in [0.15, 0.2) is 11.6 Å². The molecule has 2 aromatic carbocycles. The van der Waals surface area contributed by atoms with Crippen molar-refractivity contribution in [2.24, 2.45) is 0 Å². The lowest BCUT2D eigenvalue weighted by Gasteiger charge is -2.07. The molecular formula is C18H12N4O5. The fourth-order valence-electron chi connectivity index (χ4n) is 2.65. The zero-order chi connectivity index (χ0) is 19.0. The van der Waals surface area contributed by atoms with Crippen molar-refractivity contribution in [2.75, 3.05) is 5.32 Å². The van der Waals surface area contributed by atoms with Crippen LogP contribution >= 0.6 is 0 Å². The number of aromatic nitrogens is 2. The maximum atomic E-state index is 12.6. The van der Waals surface area contributed by atoms with E-state index in [0.717, 1.165) is 0 Å². The van der Waals surface area contributed by atoms with Gasteiger partial charge < -0.3 is 19.8 Å². The van der Waals surface area contributed by atoms with Gasteiger partial charge in [0, 0.05) is 0 Å². The monoisotopic (exact) mass is 364 g/mol. The predicted octanol–water partition coefficient (Wildman–Crippen LogP) is 3.69. The highest BCUT2D eigenvalue weighted by molar-refractivity contribution is 6.12. The zero-order valence-corrected chi connectivity index (χ0v) is 13.7. The summed E-state index contributed by atoms with van der Waals surface area (Å²) >= 11 is 0. The number of nitrogens with one attached hydrogen (secondary N) is 2. The fourth-order valence-corrected chi connectivity index (χ4v) is 2.65. The molecule has 0 saturated carbocycles. The van der Waals surface area contributed by atoms with Crippen molar-refractivity contribution in [2.45, 2.75) is 0 Å². The number of anilines is 1. The molecule has 0 aliphatic heterocycles. The highest BCUT2D eigenvalue weighted by Crippen LogP contribution is 2.28. The van der Waals surface area contributed by atoms with Crippen LogP contribution in [0.2, 0.25) is 0 Å². The third kappa shape index (κ3) is 2.97. The van der Waals surface area contributed by atoms with Crippen LogP contribution in [0.15, 0.2) is 59.0 Å². The molecule has 9 heteroatoms. The average Bonchev–Trinajstić information content (AvgIpc) is 3.30. The van der Waals surface area contributed by atoms with E-state index in [1.54, 1.807) is 36.4 Å². The van der Waals surface area contributed by atoms with Gasteiger partial charge in [0.1, 0.15) is 16.2 Å². The first-order valence-electron chi connectivity index (χ1n) is 7.85. The van der Waals surface area contributed by atoms with Crippen LogP contribution in [0.5, 0.6) is 5.75 Å². The quantitative estimate of drug-likeness (QED) is 0.287. The number of furan rings is 1. The molecule has 0 saturated heterocycles. The van der Waals surface area contributed by atoms with E-state index < -0.39 is 16.7 Å². The SMILES string of the molecule is O=C(Nc1ccccc1O)c1cccc2[nH]c(-c3ccc([N+](=O)[O-])o3)nc12. The molecule has 0 radical (unpaired) electrons. The van der Waals surface area contributed by atoms with Gasteiger partial charge in [-0.3, -0.25) is 14.9 Å². The number of benzene rings is 2. The van der Waals surface area contributed by atoms with Crippen LogP contribution < -0.4 is 5.32 Å². The van der Waals surface area contributed by atoms with Gasteiger partial charge in [-0.2, -0.15) is 0 Å². The lowest BCUT2D eigenvalue weighted by molar-refractivity contribution is -0.401. The van der Waals surface area contributed by atoms with Crippen molar-refractivity contribution in [1.82, 2.24) is 9.97 Å². The molecule has 134 valence electrons. The maximum Gasteiger partial charge on any atom is 0.433 e. The molecule has 3 N–H and O–H groups in total. The number of phenols is 1. The molecule has 9 nitrogen and oxygen atoms in total. The number of aromatic hydroxyl groups is 1. The van der Waals surface area contributed by atoms with Crippen molar-refractivity contribution in [3.63, 3.8) is 0 Å². The molecule has 0 unspecified atom stereocenters. The van der Waals surface area contributed by atoms with Gasteiger partial charge in [-0.1, -0.05) is 18.2 Å². The fraction of sp³-hybridized carbons (Fsp3) is 0. The van der Waals surface area contributed by atoms with Gasteiger partial charge >= 0.3 is 5.88 Å². The predicted molar refractivity (Wildman–Crippen MR) is 96.5 cm³/mol. The topological polar surface area (TPSA) is 134 Å². The number of nitro groups is 1. The number of para-hydroxylation sites is 3. The third-order valence-corrected chi connectivity index (χ3v) is 3.91. The Morgan fingerprint density at radius 1 is 1.15 bits per heavy atom. The van der Waals surface area contributed by atoms with Crippen LogP contribution in [0.1, 0.15) is 10.4 Å². The van der Waals surface area contributed by atoms with E-state index in [9.17, 15) is 20.0 Å². The van der Waals surface area contributed by atoms with Gasteiger partial charge in [0.05, 0.1) is 22.8 Å². The number of rotatable bonds is 4. The Morgan fingerprint density at radius 2 is 1.96 bits per heavy atom. The minimum Gasteiger partial charge on any atom is -0.506 e.